The first-order chi connectivity index (χ1) is 12.4. The zero-order chi connectivity index (χ0) is 16.9. The van der Waals surface area contributed by atoms with Gasteiger partial charge in [-0.2, -0.15) is 4.52 Å². The average molecular weight is 325 g/mol. The van der Waals surface area contributed by atoms with E-state index in [1.807, 2.05) is 91.0 Å². The molecule has 0 saturated carbocycles. The third kappa shape index (κ3) is 3.50. The maximum absolute atomic E-state index is 4.47. The molecule has 0 unspecified atom stereocenters. The van der Waals surface area contributed by atoms with E-state index in [1.54, 1.807) is 4.52 Å². The Balaban J connectivity index is 1.70. The van der Waals surface area contributed by atoms with Gasteiger partial charge in [0.2, 0.25) is 0 Å². The summed E-state index contributed by atoms with van der Waals surface area (Å²) in [7, 11) is 0. The van der Waals surface area contributed by atoms with Crippen molar-refractivity contribution in [3.8, 4) is 0 Å². The molecular formula is C20H15N5. The molecule has 4 rings (SSSR count). The minimum absolute atomic E-state index is 0.475. The summed E-state index contributed by atoms with van der Waals surface area (Å²) in [6.07, 6.45) is 8.00. The fraction of sp³-hybridized carbons (Fsp3) is 0. The van der Waals surface area contributed by atoms with E-state index in [0.29, 0.717) is 5.78 Å². The minimum atomic E-state index is 0.475. The van der Waals surface area contributed by atoms with Crippen LogP contribution in [-0.4, -0.2) is 25.0 Å². The summed E-state index contributed by atoms with van der Waals surface area (Å²) >= 11 is 0. The van der Waals surface area contributed by atoms with Crippen molar-refractivity contribution >= 4 is 30.1 Å². The van der Waals surface area contributed by atoms with Crippen LogP contribution in [0.5, 0.6) is 0 Å². The Morgan fingerprint density at radius 3 is 2.04 bits per heavy atom. The number of fused-ring (bicyclic) bond motifs is 1. The highest BCUT2D eigenvalue weighted by atomic mass is 15.5. The molecule has 0 fully saturated rings. The molecule has 0 radical (unpaired) electrons. The Kier molecular flexibility index (Phi) is 4.12. The van der Waals surface area contributed by atoms with Crippen molar-refractivity contribution in [1.29, 1.82) is 0 Å². The number of hydrogen-bond donors (Lipinski definition) is 0. The highest BCUT2D eigenvalue weighted by molar-refractivity contribution is 5.72. The largest absolute Gasteiger partial charge is 0.274 e. The van der Waals surface area contributed by atoms with E-state index in [9.17, 15) is 0 Å². The standard InChI is InChI=1S/C20H15N5/c1-3-7-16(8-4-1)11-13-18-15-19(25-20(21-18)22-23-24-25)14-12-17-9-5-2-6-10-17/h1-15H. The first kappa shape index (κ1) is 15.0. The summed E-state index contributed by atoms with van der Waals surface area (Å²) in [4.78, 5) is 4.47. The second-order valence-electron chi connectivity index (χ2n) is 5.48. The van der Waals surface area contributed by atoms with Crippen molar-refractivity contribution in [3.63, 3.8) is 0 Å². The van der Waals surface area contributed by atoms with Crippen LogP contribution in [0.3, 0.4) is 0 Å². The van der Waals surface area contributed by atoms with Crippen LogP contribution in [0.4, 0.5) is 0 Å². The summed E-state index contributed by atoms with van der Waals surface area (Å²) in [6, 6.07) is 22.2. The van der Waals surface area contributed by atoms with Crippen LogP contribution in [0.15, 0.2) is 66.7 Å². The molecule has 0 aliphatic heterocycles. The predicted molar refractivity (Wildman–Crippen MR) is 99.3 cm³/mol. The Bertz CT molecular complexity index is 1030. The topological polar surface area (TPSA) is 56.0 Å². The highest BCUT2D eigenvalue weighted by Crippen LogP contribution is 2.12. The molecule has 120 valence electrons. The summed E-state index contributed by atoms with van der Waals surface area (Å²) < 4.78 is 1.62. The number of tetrazole rings is 1. The maximum atomic E-state index is 4.47. The van der Waals surface area contributed by atoms with Crippen molar-refractivity contribution < 1.29 is 0 Å². The smallest absolute Gasteiger partial charge is 0.210 e. The Morgan fingerprint density at radius 1 is 0.720 bits per heavy atom. The lowest BCUT2D eigenvalue weighted by atomic mass is 10.2. The van der Waals surface area contributed by atoms with Crippen LogP contribution in [-0.2, 0) is 0 Å². The Hall–Kier alpha value is -3.60. The van der Waals surface area contributed by atoms with Crippen molar-refractivity contribution in [3.05, 3.63) is 89.2 Å². The normalized spacial score (nSPS) is 11.7. The van der Waals surface area contributed by atoms with Crippen LogP contribution < -0.4 is 0 Å². The predicted octanol–water partition coefficient (Wildman–Crippen LogP) is 3.86. The molecule has 0 spiro atoms. The number of benzene rings is 2. The van der Waals surface area contributed by atoms with E-state index >= 15 is 0 Å². The van der Waals surface area contributed by atoms with Gasteiger partial charge in [-0.3, -0.25) is 0 Å². The van der Waals surface area contributed by atoms with Gasteiger partial charge in [-0.25, -0.2) is 4.98 Å². The summed E-state index contributed by atoms with van der Waals surface area (Å²) in [5.41, 5.74) is 3.90. The molecule has 0 N–H and O–H groups in total. The third-order valence-corrected chi connectivity index (χ3v) is 3.71. The summed E-state index contributed by atoms with van der Waals surface area (Å²) in [6.45, 7) is 0. The number of rotatable bonds is 4. The molecule has 0 atom stereocenters. The average Bonchev–Trinajstić information content (AvgIpc) is 3.15. The molecule has 2 aromatic heterocycles. The van der Waals surface area contributed by atoms with Crippen LogP contribution >= 0.6 is 0 Å². The van der Waals surface area contributed by atoms with Crippen molar-refractivity contribution in [2.45, 2.75) is 0 Å². The van der Waals surface area contributed by atoms with Gasteiger partial charge in [0, 0.05) is 0 Å². The van der Waals surface area contributed by atoms with Crippen LogP contribution in [0.1, 0.15) is 22.5 Å². The van der Waals surface area contributed by atoms with E-state index in [0.717, 1.165) is 22.5 Å². The summed E-state index contributed by atoms with van der Waals surface area (Å²) in [5, 5.41) is 11.7. The third-order valence-electron chi connectivity index (χ3n) is 3.71. The molecule has 0 aliphatic rings. The van der Waals surface area contributed by atoms with E-state index in [4.69, 9.17) is 0 Å². The fourth-order valence-electron chi connectivity index (χ4n) is 2.48. The second-order valence-corrected chi connectivity index (χ2v) is 5.48. The SMILES string of the molecule is C(=Cc1cc(C=Cc2ccccc2)n2nnnc2n1)c1ccccc1. The molecule has 25 heavy (non-hydrogen) atoms. The fourth-order valence-corrected chi connectivity index (χ4v) is 2.48. The molecule has 2 aromatic carbocycles. The lowest BCUT2D eigenvalue weighted by Crippen LogP contribution is -1.98. The molecule has 5 heteroatoms. The lowest BCUT2D eigenvalue weighted by molar-refractivity contribution is 0.815. The Morgan fingerprint density at radius 2 is 1.36 bits per heavy atom. The van der Waals surface area contributed by atoms with Gasteiger partial charge in [-0.05, 0) is 39.8 Å². The number of nitrogens with zero attached hydrogens (tertiary/aromatic N) is 5. The van der Waals surface area contributed by atoms with Gasteiger partial charge in [-0.1, -0.05) is 77.9 Å². The molecule has 0 amide bonds. The monoisotopic (exact) mass is 325 g/mol. The van der Waals surface area contributed by atoms with Crippen LogP contribution in [0.25, 0.3) is 30.1 Å². The quantitative estimate of drug-likeness (QED) is 0.572. The van der Waals surface area contributed by atoms with E-state index in [1.165, 1.54) is 0 Å². The maximum Gasteiger partial charge on any atom is 0.274 e. The first-order valence-electron chi connectivity index (χ1n) is 7.94. The van der Waals surface area contributed by atoms with Gasteiger partial charge in [0.25, 0.3) is 5.78 Å². The van der Waals surface area contributed by atoms with Gasteiger partial charge >= 0.3 is 0 Å². The molecule has 0 bridgehead atoms. The lowest BCUT2D eigenvalue weighted by Gasteiger charge is -2.00. The minimum Gasteiger partial charge on any atom is -0.210 e. The molecule has 5 nitrogen and oxygen atoms in total. The summed E-state index contributed by atoms with van der Waals surface area (Å²) in [5.74, 6) is 0.475. The van der Waals surface area contributed by atoms with Crippen molar-refractivity contribution in [2.75, 3.05) is 0 Å². The zero-order valence-corrected chi connectivity index (χ0v) is 13.4. The van der Waals surface area contributed by atoms with Gasteiger partial charge in [0.05, 0.1) is 11.4 Å². The number of aromatic nitrogens is 5. The van der Waals surface area contributed by atoms with E-state index in [-0.39, 0.29) is 0 Å². The number of hydrogen-bond acceptors (Lipinski definition) is 4. The molecule has 4 aromatic rings. The molecular weight excluding hydrogens is 310 g/mol. The molecule has 0 saturated heterocycles. The van der Waals surface area contributed by atoms with Crippen molar-refractivity contribution in [2.24, 2.45) is 0 Å². The zero-order valence-electron chi connectivity index (χ0n) is 13.4. The van der Waals surface area contributed by atoms with E-state index in [2.05, 4.69) is 20.5 Å². The van der Waals surface area contributed by atoms with Gasteiger partial charge in [0.1, 0.15) is 0 Å². The van der Waals surface area contributed by atoms with E-state index < -0.39 is 0 Å². The van der Waals surface area contributed by atoms with Crippen molar-refractivity contribution in [1.82, 2.24) is 25.0 Å². The van der Waals surface area contributed by atoms with Gasteiger partial charge in [-0.15, -0.1) is 0 Å². The molecule has 2 heterocycles. The highest BCUT2D eigenvalue weighted by Gasteiger charge is 2.05. The molecule has 0 aliphatic carbocycles. The Labute approximate surface area is 145 Å². The second kappa shape index (κ2) is 6.88. The van der Waals surface area contributed by atoms with Crippen LogP contribution in [0.2, 0.25) is 0 Å². The van der Waals surface area contributed by atoms with Crippen LogP contribution in [0, 0.1) is 0 Å². The van der Waals surface area contributed by atoms with Gasteiger partial charge in [0.15, 0.2) is 0 Å². The first-order valence-corrected chi connectivity index (χ1v) is 7.94. The van der Waals surface area contributed by atoms with Gasteiger partial charge < -0.3 is 0 Å².